The molecule has 5 nitrogen and oxygen atoms in total. The lowest BCUT2D eigenvalue weighted by molar-refractivity contribution is -0.191. The molecule has 1 aromatic carbocycles. The predicted molar refractivity (Wildman–Crippen MR) is 61.8 cm³/mol. The first kappa shape index (κ1) is 12.8. The Morgan fingerprint density at radius 3 is 2.35 bits per heavy atom. The van der Waals surface area contributed by atoms with E-state index in [1.807, 2.05) is 36.4 Å². The van der Waals surface area contributed by atoms with Crippen molar-refractivity contribution in [2.45, 2.75) is 0 Å². The van der Waals surface area contributed by atoms with Crippen LogP contribution in [0.15, 0.2) is 30.5 Å². The predicted octanol–water partition coefficient (Wildman–Crippen LogP) is 2.04. The zero-order valence-corrected chi connectivity index (χ0v) is 9.39. The van der Waals surface area contributed by atoms with E-state index in [4.69, 9.17) is 21.2 Å². The molecule has 0 fully saturated rings. The zero-order chi connectivity index (χ0) is 12.5. The summed E-state index contributed by atoms with van der Waals surface area (Å²) in [6, 6.07) is 7.59. The lowest BCUT2D eigenvalue weighted by Gasteiger charge is -1.91. The average molecular weight is 250 g/mol. The zero-order valence-electron chi connectivity index (χ0n) is 8.63. The molecule has 0 saturated heterocycles. The number of hydrogen-bond donors (Lipinski definition) is 1. The third-order valence-electron chi connectivity index (χ3n) is 1.75. The number of carbonyl (C=O) groups excluding carboxylic acids is 2. The quantitative estimate of drug-likeness (QED) is 0.884. The molecule has 1 N–H and O–H groups in total. The topological polar surface area (TPSA) is 75.7 Å². The van der Waals surface area contributed by atoms with Crippen LogP contribution >= 0.6 is 11.6 Å². The molecule has 17 heavy (non-hydrogen) atoms. The van der Waals surface area contributed by atoms with Gasteiger partial charge in [-0.3, -0.25) is 0 Å². The van der Waals surface area contributed by atoms with E-state index in [1.165, 1.54) is 0 Å². The van der Waals surface area contributed by atoms with E-state index in [0.717, 1.165) is 16.3 Å². The third kappa shape index (κ3) is 4.88. The number of H-pyrrole nitrogens is 1. The molecule has 86 valence electrons. The molecule has 0 aliphatic heterocycles. The van der Waals surface area contributed by atoms with Crippen molar-refractivity contribution < 1.29 is 9.59 Å². The van der Waals surface area contributed by atoms with Crippen LogP contribution in [0.5, 0.6) is 0 Å². The van der Waals surface area contributed by atoms with Gasteiger partial charge in [-0.25, -0.2) is 0 Å². The number of rotatable bonds is 2. The first-order valence-corrected chi connectivity index (χ1v) is 4.92. The fourth-order valence-corrected chi connectivity index (χ4v) is 1.17. The molecule has 0 bridgehead atoms. The Morgan fingerprint density at radius 1 is 1.18 bits per heavy atom. The summed E-state index contributed by atoms with van der Waals surface area (Å²) in [4.78, 5) is 16.2. The summed E-state index contributed by atoms with van der Waals surface area (Å²) < 4.78 is 0. The van der Waals surface area contributed by atoms with Crippen LogP contribution < -0.4 is 0 Å². The van der Waals surface area contributed by atoms with Crippen LogP contribution in [-0.2, 0) is 9.59 Å². The number of hydrogen-bond acceptors (Lipinski definition) is 4. The summed E-state index contributed by atoms with van der Waals surface area (Å²) >= 11 is 5.76. The van der Waals surface area contributed by atoms with Crippen molar-refractivity contribution in [3.05, 3.63) is 46.7 Å². The number of halogens is 1. The summed E-state index contributed by atoms with van der Waals surface area (Å²) in [5.41, 5.74) is 1.89. The van der Waals surface area contributed by atoms with Gasteiger partial charge in [0.25, 0.3) is 0 Å². The van der Waals surface area contributed by atoms with E-state index in [1.54, 1.807) is 6.20 Å². The van der Waals surface area contributed by atoms with Crippen molar-refractivity contribution in [3.63, 3.8) is 0 Å². The second kappa shape index (κ2) is 7.11. The maximum Gasteiger partial charge on any atom is 0.373 e. The number of nitrogens with one attached hydrogen (secondary N) is 1. The van der Waals surface area contributed by atoms with Gasteiger partial charge in [-0.15, -0.1) is 0 Å². The van der Waals surface area contributed by atoms with Crippen LogP contribution in [0.4, 0.5) is 0 Å². The Kier molecular flexibility index (Phi) is 5.37. The van der Waals surface area contributed by atoms with E-state index >= 15 is 0 Å². The van der Waals surface area contributed by atoms with Gasteiger partial charge < -0.3 is 0 Å². The van der Waals surface area contributed by atoms with Crippen LogP contribution in [0.25, 0.3) is 12.2 Å². The van der Waals surface area contributed by atoms with Crippen LogP contribution in [0.2, 0.25) is 5.02 Å². The highest BCUT2D eigenvalue weighted by atomic mass is 35.5. The Balaban J connectivity index is 0.000000437. The highest BCUT2D eigenvalue weighted by Crippen LogP contribution is 2.11. The molecule has 0 amide bonds. The van der Waals surface area contributed by atoms with Crippen molar-refractivity contribution in [2.24, 2.45) is 0 Å². The molecule has 2 rings (SSSR count). The fourth-order valence-electron chi connectivity index (χ4n) is 1.05. The van der Waals surface area contributed by atoms with Gasteiger partial charge in [0.1, 0.15) is 5.69 Å². The lowest BCUT2D eigenvalue weighted by atomic mass is 10.2. The molecule has 0 aliphatic rings. The van der Waals surface area contributed by atoms with Gasteiger partial charge in [-0.2, -0.15) is 25.0 Å². The number of nitrogens with zero attached hydrogens (tertiary/aromatic N) is 2. The second-order valence-corrected chi connectivity index (χ2v) is 3.30. The van der Waals surface area contributed by atoms with Gasteiger partial charge in [0.2, 0.25) is 0 Å². The molecule has 0 radical (unpaired) electrons. The minimum absolute atomic E-state index is 0.250. The van der Waals surface area contributed by atoms with Crippen molar-refractivity contribution in [2.75, 3.05) is 0 Å². The first-order valence-electron chi connectivity index (χ1n) is 4.55. The normalized spacial score (nSPS) is 9.47. The highest BCUT2D eigenvalue weighted by molar-refractivity contribution is 6.30. The molecule has 0 unspecified atom stereocenters. The van der Waals surface area contributed by atoms with Crippen molar-refractivity contribution in [1.29, 1.82) is 0 Å². The van der Waals surface area contributed by atoms with Gasteiger partial charge in [-0.1, -0.05) is 29.8 Å². The Labute approximate surface area is 102 Å². The van der Waals surface area contributed by atoms with E-state index in [9.17, 15) is 0 Å². The Hall–Kier alpha value is -2.23. The molecule has 0 aliphatic carbocycles. The minimum Gasteiger partial charge on any atom is -0.197 e. The van der Waals surface area contributed by atoms with Gasteiger partial charge >= 0.3 is 6.15 Å². The summed E-state index contributed by atoms with van der Waals surface area (Å²) in [6.45, 7) is 0. The number of aromatic nitrogens is 3. The highest BCUT2D eigenvalue weighted by Gasteiger charge is 1.90. The molecule has 0 saturated carbocycles. The van der Waals surface area contributed by atoms with Crippen LogP contribution in [0, 0.1) is 0 Å². The smallest absolute Gasteiger partial charge is 0.197 e. The van der Waals surface area contributed by atoms with Crippen molar-refractivity contribution >= 4 is 29.9 Å². The standard InChI is InChI=1S/C10H8ClN3.CO2/c11-9-4-1-8(2-5-9)3-6-10-7-12-14-13-10;2-1-3/h1-7H,(H,12,13,14);. The van der Waals surface area contributed by atoms with Crippen LogP contribution in [-0.4, -0.2) is 21.6 Å². The van der Waals surface area contributed by atoms with Crippen LogP contribution in [0.1, 0.15) is 11.3 Å². The molecule has 6 heteroatoms. The molecule has 1 heterocycles. The number of benzene rings is 1. The van der Waals surface area contributed by atoms with Crippen molar-refractivity contribution in [1.82, 2.24) is 15.4 Å². The maximum atomic E-state index is 8.12. The second-order valence-electron chi connectivity index (χ2n) is 2.86. The van der Waals surface area contributed by atoms with Crippen LogP contribution in [0.3, 0.4) is 0 Å². The molecule has 1 aromatic heterocycles. The van der Waals surface area contributed by atoms with Gasteiger partial charge in [0.05, 0.1) is 6.20 Å². The van der Waals surface area contributed by atoms with E-state index in [2.05, 4.69) is 15.4 Å². The third-order valence-corrected chi connectivity index (χ3v) is 2.00. The molecular weight excluding hydrogens is 242 g/mol. The van der Waals surface area contributed by atoms with E-state index in [0.29, 0.717) is 0 Å². The Bertz CT molecular complexity index is 500. The van der Waals surface area contributed by atoms with Gasteiger partial charge in [0, 0.05) is 5.02 Å². The monoisotopic (exact) mass is 249 g/mol. The maximum absolute atomic E-state index is 8.12. The molecule has 0 atom stereocenters. The SMILES string of the molecule is Clc1ccc(C=Cc2cn[nH]n2)cc1.O=C=O. The van der Waals surface area contributed by atoms with Gasteiger partial charge in [0.15, 0.2) is 0 Å². The summed E-state index contributed by atoms with van der Waals surface area (Å²) in [5, 5.41) is 10.9. The Morgan fingerprint density at radius 2 is 1.82 bits per heavy atom. The molecule has 2 aromatic rings. The fraction of sp³-hybridized carbons (Fsp3) is 0. The minimum atomic E-state index is 0.250. The van der Waals surface area contributed by atoms with Crippen molar-refractivity contribution in [3.8, 4) is 0 Å². The van der Waals surface area contributed by atoms with E-state index in [-0.39, 0.29) is 6.15 Å². The summed E-state index contributed by atoms with van der Waals surface area (Å²) in [6.07, 6.45) is 5.74. The van der Waals surface area contributed by atoms with Gasteiger partial charge in [-0.05, 0) is 23.8 Å². The van der Waals surface area contributed by atoms with E-state index < -0.39 is 0 Å². The first-order chi connectivity index (χ1) is 8.26. The molecular formula is C11H8ClN3O2. The molecule has 0 spiro atoms. The number of aromatic amines is 1. The average Bonchev–Trinajstić information content (AvgIpc) is 2.82. The summed E-state index contributed by atoms with van der Waals surface area (Å²) in [7, 11) is 0. The lowest BCUT2D eigenvalue weighted by Crippen LogP contribution is -1.72. The largest absolute Gasteiger partial charge is 0.373 e. The summed E-state index contributed by atoms with van der Waals surface area (Å²) in [5.74, 6) is 0.